The summed E-state index contributed by atoms with van der Waals surface area (Å²) in [5.74, 6) is -0.575. The fraction of sp³-hybridized carbons (Fsp3) is 0.417. The van der Waals surface area contributed by atoms with Crippen LogP contribution in [0.15, 0.2) is 23.8 Å². The van der Waals surface area contributed by atoms with Crippen molar-refractivity contribution in [3.63, 3.8) is 0 Å². The molecule has 0 aromatic heterocycles. The Morgan fingerprint density at radius 3 is 2.65 bits per heavy atom. The second kappa shape index (κ2) is 4.53. The van der Waals surface area contributed by atoms with Gasteiger partial charge >= 0.3 is 0 Å². The van der Waals surface area contributed by atoms with E-state index in [-0.39, 0.29) is 24.1 Å². The number of carbonyl (C=O) groups excluding carboxylic acids is 3. The van der Waals surface area contributed by atoms with Crippen molar-refractivity contribution in [1.29, 1.82) is 0 Å². The molecule has 2 aliphatic heterocycles. The molecular formula is C12H14N2O3. The molecule has 0 unspecified atom stereocenters. The summed E-state index contributed by atoms with van der Waals surface area (Å²) in [5, 5.41) is 2.22. The summed E-state index contributed by atoms with van der Waals surface area (Å²) >= 11 is 0. The normalized spacial score (nSPS) is 22.8. The van der Waals surface area contributed by atoms with Crippen molar-refractivity contribution < 1.29 is 14.4 Å². The third-order valence-corrected chi connectivity index (χ3v) is 2.96. The molecular weight excluding hydrogens is 220 g/mol. The largest absolute Gasteiger partial charge is 0.338 e. The van der Waals surface area contributed by atoms with E-state index in [9.17, 15) is 14.4 Å². The van der Waals surface area contributed by atoms with Crippen LogP contribution in [0.4, 0.5) is 0 Å². The Morgan fingerprint density at radius 2 is 2.12 bits per heavy atom. The molecule has 2 aliphatic rings. The lowest BCUT2D eigenvalue weighted by molar-refractivity contribution is -0.125. The van der Waals surface area contributed by atoms with Gasteiger partial charge in [-0.25, -0.2) is 0 Å². The Morgan fingerprint density at radius 1 is 1.35 bits per heavy atom. The van der Waals surface area contributed by atoms with Crippen LogP contribution in [0.3, 0.4) is 0 Å². The number of hydrogen-bond donors (Lipinski definition) is 1. The lowest BCUT2D eigenvalue weighted by Crippen LogP contribution is -2.25. The quantitative estimate of drug-likeness (QED) is 0.558. The predicted molar refractivity (Wildman–Crippen MR) is 60.8 cm³/mol. The smallest absolute Gasteiger partial charge is 0.253 e. The molecule has 0 aromatic rings. The standard InChI is InChI=1S/C12H14N2O3/c1-8-4-6-14(12(8)17)5-2-3-9-7-10(15)13-11(9)16/h3H,1-2,4-7H2,(H,13,15,16)/b9-3+. The van der Waals surface area contributed by atoms with Crippen molar-refractivity contribution >= 4 is 17.7 Å². The molecule has 1 N–H and O–H groups in total. The third-order valence-electron chi connectivity index (χ3n) is 2.96. The maximum absolute atomic E-state index is 11.5. The molecule has 3 amide bonds. The van der Waals surface area contributed by atoms with E-state index in [1.807, 2.05) is 0 Å². The summed E-state index contributed by atoms with van der Waals surface area (Å²) in [6.45, 7) is 4.95. The first-order chi connectivity index (χ1) is 8.08. The number of likely N-dealkylation sites (tertiary alicyclic amines) is 1. The topological polar surface area (TPSA) is 66.5 Å². The molecule has 0 aliphatic carbocycles. The van der Waals surface area contributed by atoms with Crippen LogP contribution in [-0.2, 0) is 14.4 Å². The zero-order valence-electron chi connectivity index (χ0n) is 9.49. The maximum Gasteiger partial charge on any atom is 0.253 e. The summed E-state index contributed by atoms with van der Waals surface area (Å²) in [4.78, 5) is 35.4. The van der Waals surface area contributed by atoms with Crippen LogP contribution in [-0.4, -0.2) is 35.7 Å². The van der Waals surface area contributed by atoms with E-state index in [4.69, 9.17) is 0 Å². The van der Waals surface area contributed by atoms with Gasteiger partial charge in [0, 0.05) is 24.2 Å². The molecule has 0 bridgehead atoms. The number of imide groups is 1. The van der Waals surface area contributed by atoms with Gasteiger partial charge in [-0.2, -0.15) is 0 Å². The van der Waals surface area contributed by atoms with Crippen LogP contribution in [0.2, 0.25) is 0 Å². The van der Waals surface area contributed by atoms with Gasteiger partial charge in [0.2, 0.25) is 11.8 Å². The Labute approximate surface area is 99.2 Å². The number of hydrogen-bond acceptors (Lipinski definition) is 3. The molecule has 0 saturated carbocycles. The first kappa shape index (κ1) is 11.6. The molecule has 0 atom stereocenters. The van der Waals surface area contributed by atoms with Crippen LogP contribution in [0.1, 0.15) is 19.3 Å². The van der Waals surface area contributed by atoms with E-state index in [0.29, 0.717) is 37.1 Å². The van der Waals surface area contributed by atoms with Gasteiger partial charge in [-0.3, -0.25) is 19.7 Å². The lowest BCUT2D eigenvalue weighted by atomic mass is 10.2. The molecule has 2 heterocycles. The monoisotopic (exact) mass is 234 g/mol. The summed E-state index contributed by atoms with van der Waals surface area (Å²) in [7, 11) is 0. The molecule has 17 heavy (non-hydrogen) atoms. The SMILES string of the molecule is C=C1CCN(CC/C=C2\CC(=O)NC2=O)C1=O. The minimum absolute atomic E-state index is 0.00431. The molecule has 2 saturated heterocycles. The average molecular weight is 234 g/mol. The molecule has 90 valence electrons. The van der Waals surface area contributed by atoms with Crippen molar-refractivity contribution in [2.75, 3.05) is 13.1 Å². The first-order valence-corrected chi connectivity index (χ1v) is 5.58. The molecule has 0 spiro atoms. The van der Waals surface area contributed by atoms with Crippen molar-refractivity contribution in [2.24, 2.45) is 0 Å². The van der Waals surface area contributed by atoms with Gasteiger partial charge in [-0.05, 0) is 12.8 Å². The fourth-order valence-corrected chi connectivity index (χ4v) is 1.98. The van der Waals surface area contributed by atoms with E-state index >= 15 is 0 Å². The molecule has 5 nitrogen and oxygen atoms in total. The van der Waals surface area contributed by atoms with E-state index in [0.717, 1.165) is 0 Å². The zero-order valence-corrected chi connectivity index (χ0v) is 9.49. The summed E-state index contributed by atoms with van der Waals surface area (Å²) in [5.41, 5.74) is 1.15. The molecule has 2 rings (SSSR count). The lowest BCUT2D eigenvalue weighted by Gasteiger charge is -2.13. The van der Waals surface area contributed by atoms with Gasteiger partial charge < -0.3 is 4.90 Å². The van der Waals surface area contributed by atoms with Crippen molar-refractivity contribution in [1.82, 2.24) is 10.2 Å². The minimum Gasteiger partial charge on any atom is -0.338 e. The number of amides is 3. The van der Waals surface area contributed by atoms with Gasteiger partial charge in [0.1, 0.15) is 0 Å². The number of nitrogens with zero attached hydrogens (tertiary/aromatic N) is 1. The van der Waals surface area contributed by atoms with Crippen LogP contribution < -0.4 is 5.32 Å². The highest BCUT2D eigenvalue weighted by Crippen LogP contribution is 2.16. The van der Waals surface area contributed by atoms with E-state index in [1.54, 1.807) is 11.0 Å². The predicted octanol–water partition coefficient (Wildman–Crippen LogP) is 0.138. The number of carbonyl (C=O) groups is 3. The number of nitrogens with one attached hydrogen (secondary N) is 1. The van der Waals surface area contributed by atoms with Crippen molar-refractivity contribution in [3.8, 4) is 0 Å². The highest BCUT2D eigenvalue weighted by Gasteiger charge is 2.25. The highest BCUT2D eigenvalue weighted by molar-refractivity contribution is 6.13. The van der Waals surface area contributed by atoms with Crippen LogP contribution in [0.5, 0.6) is 0 Å². The van der Waals surface area contributed by atoms with Gasteiger partial charge in [0.15, 0.2) is 0 Å². The van der Waals surface area contributed by atoms with Gasteiger partial charge in [0.05, 0.1) is 6.42 Å². The van der Waals surface area contributed by atoms with E-state index in [2.05, 4.69) is 11.9 Å². The Kier molecular flexibility index (Phi) is 3.08. The second-order valence-electron chi connectivity index (χ2n) is 4.22. The highest BCUT2D eigenvalue weighted by atomic mass is 16.2. The molecule has 0 radical (unpaired) electrons. The molecule has 5 heteroatoms. The van der Waals surface area contributed by atoms with E-state index < -0.39 is 0 Å². The Bertz CT molecular complexity index is 437. The van der Waals surface area contributed by atoms with Crippen LogP contribution in [0, 0.1) is 0 Å². The van der Waals surface area contributed by atoms with E-state index in [1.165, 1.54) is 0 Å². The summed E-state index contributed by atoms with van der Waals surface area (Å²) in [6, 6.07) is 0. The van der Waals surface area contributed by atoms with Gasteiger partial charge in [-0.15, -0.1) is 0 Å². The first-order valence-electron chi connectivity index (χ1n) is 5.58. The Balaban J connectivity index is 1.86. The second-order valence-corrected chi connectivity index (χ2v) is 4.22. The van der Waals surface area contributed by atoms with Crippen molar-refractivity contribution in [2.45, 2.75) is 19.3 Å². The van der Waals surface area contributed by atoms with Gasteiger partial charge in [0.25, 0.3) is 5.91 Å². The number of rotatable bonds is 3. The molecule has 0 aromatic carbocycles. The zero-order chi connectivity index (χ0) is 12.4. The molecule has 2 fully saturated rings. The maximum atomic E-state index is 11.5. The Hall–Kier alpha value is -1.91. The average Bonchev–Trinajstić information content (AvgIpc) is 2.75. The third kappa shape index (κ3) is 2.43. The van der Waals surface area contributed by atoms with Crippen LogP contribution in [0.25, 0.3) is 0 Å². The van der Waals surface area contributed by atoms with Gasteiger partial charge in [-0.1, -0.05) is 12.7 Å². The summed E-state index contributed by atoms with van der Waals surface area (Å²) in [6.07, 6.45) is 3.19. The van der Waals surface area contributed by atoms with Crippen LogP contribution >= 0.6 is 0 Å². The summed E-state index contributed by atoms with van der Waals surface area (Å²) < 4.78 is 0. The fourth-order valence-electron chi connectivity index (χ4n) is 1.98. The van der Waals surface area contributed by atoms with Crippen molar-refractivity contribution in [3.05, 3.63) is 23.8 Å². The minimum atomic E-state index is -0.313.